The summed E-state index contributed by atoms with van der Waals surface area (Å²) in [6.07, 6.45) is 3.92. The molecule has 1 unspecified atom stereocenters. The molecule has 2 aliphatic rings. The van der Waals surface area contributed by atoms with Crippen molar-refractivity contribution in [2.45, 2.75) is 43.9 Å². The summed E-state index contributed by atoms with van der Waals surface area (Å²) in [7, 11) is 0. The van der Waals surface area contributed by atoms with E-state index >= 15 is 0 Å². The van der Waals surface area contributed by atoms with Crippen molar-refractivity contribution in [2.75, 3.05) is 23.8 Å². The second-order valence-corrected chi connectivity index (χ2v) is 8.82. The summed E-state index contributed by atoms with van der Waals surface area (Å²) < 4.78 is 0. The van der Waals surface area contributed by atoms with E-state index in [1.807, 2.05) is 11.3 Å². The summed E-state index contributed by atoms with van der Waals surface area (Å²) in [5.41, 5.74) is 1.43. The Morgan fingerprint density at radius 3 is 2.89 bits per heavy atom. The van der Waals surface area contributed by atoms with E-state index in [2.05, 4.69) is 35.8 Å². The molecule has 0 amide bonds. The summed E-state index contributed by atoms with van der Waals surface area (Å²) >= 11 is 6.17. The molecule has 3 rings (SSSR count). The molecule has 2 heterocycles. The van der Waals surface area contributed by atoms with Gasteiger partial charge in [-0.25, -0.2) is 4.98 Å². The first-order valence-corrected chi connectivity index (χ1v) is 10.3. The normalized spacial score (nSPS) is 23.7. The largest absolute Gasteiger partial charge is 0.312 e. The molecule has 0 bridgehead atoms. The van der Waals surface area contributed by atoms with Crippen molar-refractivity contribution in [3.8, 4) is 0 Å². The smallest absolute Gasteiger partial charge is 0.107 e. The summed E-state index contributed by atoms with van der Waals surface area (Å²) in [4.78, 5) is 6.53. The molecule has 5 heteroatoms. The Balaban J connectivity index is 1.71. The number of rotatable bonds is 6. The van der Waals surface area contributed by atoms with Crippen LogP contribution in [0.1, 0.15) is 52.9 Å². The Hall–Kier alpha value is 0.290. The minimum atomic E-state index is 0.654. The van der Waals surface area contributed by atoms with Crippen LogP contribution in [0.15, 0.2) is 0 Å². The predicted molar refractivity (Wildman–Crippen MR) is 88.6 cm³/mol. The standard InChI is InChI=1S/C14H22N2S3/c1-2-5-15-8-11-13(10-3-4-10)16-14(19-11)12-9-17-6-7-18-12/h10,12,15H,2-9H2,1H3. The van der Waals surface area contributed by atoms with Crippen molar-refractivity contribution in [1.82, 2.24) is 10.3 Å². The molecule has 2 fully saturated rings. The first kappa shape index (κ1) is 14.2. The SMILES string of the molecule is CCCNCc1sc(C2CSCCS2)nc1C1CC1. The Kier molecular flexibility index (Phi) is 5.12. The minimum Gasteiger partial charge on any atom is -0.312 e. The van der Waals surface area contributed by atoms with Crippen LogP contribution < -0.4 is 5.32 Å². The van der Waals surface area contributed by atoms with E-state index < -0.39 is 0 Å². The van der Waals surface area contributed by atoms with Crippen LogP contribution in [0.5, 0.6) is 0 Å². The molecule has 1 N–H and O–H groups in total. The van der Waals surface area contributed by atoms with Gasteiger partial charge >= 0.3 is 0 Å². The quantitative estimate of drug-likeness (QED) is 0.801. The maximum Gasteiger partial charge on any atom is 0.107 e. The first-order valence-electron chi connectivity index (χ1n) is 7.28. The van der Waals surface area contributed by atoms with Gasteiger partial charge in [0.2, 0.25) is 0 Å². The van der Waals surface area contributed by atoms with Gasteiger partial charge < -0.3 is 5.32 Å². The molecule has 19 heavy (non-hydrogen) atoms. The van der Waals surface area contributed by atoms with Gasteiger partial charge in [-0.2, -0.15) is 11.8 Å². The van der Waals surface area contributed by atoms with Crippen LogP contribution >= 0.6 is 34.9 Å². The fraction of sp³-hybridized carbons (Fsp3) is 0.786. The zero-order chi connectivity index (χ0) is 13.1. The number of nitrogens with zero attached hydrogens (tertiary/aromatic N) is 1. The monoisotopic (exact) mass is 314 g/mol. The second kappa shape index (κ2) is 6.83. The number of thiazole rings is 1. The highest BCUT2D eigenvalue weighted by Crippen LogP contribution is 2.46. The second-order valence-electron chi connectivity index (χ2n) is 5.25. The Bertz CT molecular complexity index is 409. The zero-order valence-electron chi connectivity index (χ0n) is 11.5. The van der Waals surface area contributed by atoms with Gasteiger partial charge in [-0.1, -0.05) is 6.92 Å². The van der Waals surface area contributed by atoms with Crippen molar-refractivity contribution in [2.24, 2.45) is 0 Å². The third kappa shape index (κ3) is 3.69. The van der Waals surface area contributed by atoms with Crippen molar-refractivity contribution >= 4 is 34.9 Å². The van der Waals surface area contributed by atoms with E-state index in [1.165, 1.54) is 52.1 Å². The van der Waals surface area contributed by atoms with Crippen LogP contribution in [0.3, 0.4) is 0 Å². The van der Waals surface area contributed by atoms with Crippen molar-refractivity contribution < 1.29 is 0 Å². The van der Waals surface area contributed by atoms with E-state index in [0.29, 0.717) is 5.25 Å². The van der Waals surface area contributed by atoms with Gasteiger partial charge in [0.1, 0.15) is 5.01 Å². The summed E-state index contributed by atoms with van der Waals surface area (Å²) in [6.45, 7) is 4.37. The number of nitrogens with one attached hydrogen (secondary N) is 1. The van der Waals surface area contributed by atoms with Crippen LogP contribution in [-0.2, 0) is 6.54 Å². The van der Waals surface area contributed by atoms with Crippen LogP contribution in [0.2, 0.25) is 0 Å². The molecule has 1 atom stereocenters. The number of hydrogen-bond donors (Lipinski definition) is 1. The van der Waals surface area contributed by atoms with Gasteiger partial charge in [0.05, 0.1) is 10.9 Å². The number of hydrogen-bond acceptors (Lipinski definition) is 5. The summed E-state index contributed by atoms with van der Waals surface area (Å²) in [5, 5.41) is 5.60. The molecule has 106 valence electrons. The van der Waals surface area contributed by atoms with Crippen LogP contribution in [0.4, 0.5) is 0 Å². The van der Waals surface area contributed by atoms with E-state index in [9.17, 15) is 0 Å². The zero-order valence-corrected chi connectivity index (χ0v) is 13.9. The fourth-order valence-electron chi connectivity index (χ4n) is 2.33. The van der Waals surface area contributed by atoms with E-state index in [1.54, 1.807) is 0 Å². The van der Waals surface area contributed by atoms with Crippen molar-refractivity contribution in [3.63, 3.8) is 0 Å². The van der Waals surface area contributed by atoms with E-state index in [4.69, 9.17) is 4.98 Å². The molecule has 1 aliphatic heterocycles. The Labute approximate surface area is 128 Å². The lowest BCUT2D eigenvalue weighted by atomic mass is 10.2. The topological polar surface area (TPSA) is 24.9 Å². The Morgan fingerprint density at radius 1 is 1.32 bits per heavy atom. The lowest BCUT2D eigenvalue weighted by Crippen LogP contribution is -2.13. The molecular formula is C14H22N2S3. The van der Waals surface area contributed by atoms with Gasteiger partial charge in [-0.15, -0.1) is 23.1 Å². The third-order valence-electron chi connectivity index (χ3n) is 3.51. The highest BCUT2D eigenvalue weighted by molar-refractivity contribution is 8.06. The van der Waals surface area contributed by atoms with Gasteiger partial charge in [0, 0.05) is 34.6 Å². The van der Waals surface area contributed by atoms with Crippen LogP contribution in [-0.4, -0.2) is 28.8 Å². The maximum atomic E-state index is 5.02. The third-order valence-corrected chi connectivity index (χ3v) is 7.61. The van der Waals surface area contributed by atoms with Gasteiger partial charge in [0.25, 0.3) is 0 Å². The predicted octanol–water partition coefficient (Wildman–Crippen LogP) is 4.04. The molecule has 1 aromatic heterocycles. The first-order chi connectivity index (χ1) is 9.38. The van der Waals surface area contributed by atoms with Crippen molar-refractivity contribution in [1.29, 1.82) is 0 Å². The number of thioether (sulfide) groups is 2. The molecular weight excluding hydrogens is 292 g/mol. The van der Waals surface area contributed by atoms with Crippen molar-refractivity contribution in [3.05, 3.63) is 15.6 Å². The molecule has 0 spiro atoms. The van der Waals surface area contributed by atoms with E-state index in [0.717, 1.165) is 19.0 Å². The van der Waals surface area contributed by atoms with E-state index in [-0.39, 0.29) is 0 Å². The summed E-state index contributed by atoms with van der Waals surface area (Å²) in [6, 6.07) is 0. The van der Waals surface area contributed by atoms with Gasteiger partial charge in [-0.3, -0.25) is 0 Å². The molecule has 0 radical (unpaired) electrons. The molecule has 1 saturated carbocycles. The highest BCUT2D eigenvalue weighted by atomic mass is 32.2. The fourth-order valence-corrected chi connectivity index (χ4v) is 6.44. The highest BCUT2D eigenvalue weighted by Gasteiger charge is 2.31. The molecule has 1 aliphatic carbocycles. The lowest BCUT2D eigenvalue weighted by molar-refractivity contribution is 0.676. The molecule has 1 aromatic rings. The van der Waals surface area contributed by atoms with Crippen LogP contribution in [0.25, 0.3) is 0 Å². The van der Waals surface area contributed by atoms with Gasteiger partial charge in [-0.05, 0) is 25.8 Å². The minimum absolute atomic E-state index is 0.654. The molecule has 0 aromatic carbocycles. The number of aromatic nitrogens is 1. The van der Waals surface area contributed by atoms with Gasteiger partial charge in [0.15, 0.2) is 0 Å². The summed E-state index contributed by atoms with van der Waals surface area (Å²) in [5.74, 6) is 4.64. The maximum absolute atomic E-state index is 5.02. The average molecular weight is 315 g/mol. The average Bonchev–Trinajstić information content (AvgIpc) is 3.21. The Morgan fingerprint density at radius 2 is 2.21 bits per heavy atom. The van der Waals surface area contributed by atoms with Crippen LogP contribution in [0, 0.1) is 0 Å². The lowest BCUT2D eigenvalue weighted by Gasteiger charge is -2.18. The molecule has 1 saturated heterocycles. The molecule has 2 nitrogen and oxygen atoms in total.